The van der Waals surface area contributed by atoms with Crippen molar-refractivity contribution in [1.82, 2.24) is 20.9 Å². The first-order valence-corrected chi connectivity index (χ1v) is 6.42. The van der Waals surface area contributed by atoms with Gasteiger partial charge in [-0.15, -0.1) is 0 Å². The summed E-state index contributed by atoms with van der Waals surface area (Å²) in [5.41, 5.74) is 1.10. The molecule has 2 rings (SSSR count). The molecule has 106 valence electrons. The maximum absolute atomic E-state index is 11.6. The fourth-order valence-corrected chi connectivity index (χ4v) is 1.92. The molecule has 0 radical (unpaired) electrons. The van der Waals surface area contributed by atoms with E-state index in [-0.39, 0.29) is 18.2 Å². The molecule has 0 saturated carbocycles. The van der Waals surface area contributed by atoms with E-state index in [0.29, 0.717) is 13.0 Å². The highest BCUT2D eigenvalue weighted by atomic mass is 16.2. The number of hydrogen-bond donors (Lipinski definition) is 3. The molecule has 1 unspecified atom stereocenters. The van der Waals surface area contributed by atoms with E-state index in [1.54, 1.807) is 12.4 Å². The second kappa shape index (κ2) is 6.65. The normalized spacial score (nSPS) is 17.5. The first kappa shape index (κ1) is 14.0. The number of carbonyl (C=O) groups is 3. The Bertz CT molecular complexity index is 504. The summed E-state index contributed by atoms with van der Waals surface area (Å²) >= 11 is 0. The van der Waals surface area contributed by atoms with E-state index in [1.807, 2.05) is 12.1 Å². The molecule has 1 aromatic heterocycles. The van der Waals surface area contributed by atoms with Gasteiger partial charge in [-0.3, -0.25) is 19.9 Å². The minimum Gasteiger partial charge on any atom is -0.356 e. The van der Waals surface area contributed by atoms with E-state index in [1.165, 1.54) is 0 Å². The zero-order valence-electron chi connectivity index (χ0n) is 10.9. The van der Waals surface area contributed by atoms with Gasteiger partial charge >= 0.3 is 6.03 Å². The average Bonchev–Trinajstić information content (AvgIpc) is 2.76. The van der Waals surface area contributed by atoms with Crippen molar-refractivity contribution in [2.24, 2.45) is 0 Å². The third-order valence-corrected chi connectivity index (χ3v) is 3.00. The number of hydrogen-bond acceptors (Lipinski definition) is 4. The first-order chi connectivity index (χ1) is 9.65. The van der Waals surface area contributed by atoms with E-state index in [9.17, 15) is 14.4 Å². The largest absolute Gasteiger partial charge is 0.356 e. The van der Waals surface area contributed by atoms with Gasteiger partial charge in [0.05, 0.1) is 0 Å². The summed E-state index contributed by atoms with van der Waals surface area (Å²) in [4.78, 5) is 37.7. The van der Waals surface area contributed by atoms with Crippen LogP contribution in [0, 0.1) is 0 Å². The molecule has 1 aliphatic heterocycles. The Hall–Kier alpha value is -2.44. The van der Waals surface area contributed by atoms with Crippen molar-refractivity contribution in [3.8, 4) is 0 Å². The van der Waals surface area contributed by atoms with E-state index in [2.05, 4.69) is 20.9 Å². The number of nitrogens with zero attached hydrogens (tertiary/aromatic N) is 1. The van der Waals surface area contributed by atoms with Gasteiger partial charge in [0.15, 0.2) is 0 Å². The standard InChI is InChI=1S/C13H16N4O3/c18-11(2-1-10-12(19)17-13(20)16-10)15-8-5-9-3-6-14-7-4-9/h3-4,6-7,10H,1-2,5,8H2,(H,15,18)(H2,16,17,19,20). The zero-order valence-corrected chi connectivity index (χ0v) is 10.9. The summed E-state index contributed by atoms with van der Waals surface area (Å²) in [5.74, 6) is -0.507. The van der Waals surface area contributed by atoms with Crippen molar-refractivity contribution in [3.63, 3.8) is 0 Å². The molecule has 1 fully saturated rings. The summed E-state index contributed by atoms with van der Waals surface area (Å²) < 4.78 is 0. The Morgan fingerprint density at radius 1 is 1.30 bits per heavy atom. The maximum atomic E-state index is 11.6. The van der Waals surface area contributed by atoms with Crippen LogP contribution in [0.25, 0.3) is 0 Å². The molecule has 1 saturated heterocycles. The van der Waals surface area contributed by atoms with E-state index in [4.69, 9.17) is 0 Å². The quantitative estimate of drug-likeness (QED) is 0.623. The molecule has 7 nitrogen and oxygen atoms in total. The molecule has 1 aliphatic rings. The molecule has 2 heterocycles. The van der Waals surface area contributed by atoms with Crippen LogP contribution >= 0.6 is 0 Å². The molecular formula is C13H16N4O3. The highest BCUT2D eigenvalue weighted by Crippen LogP contribution is 2.02. The maximum Gasteiger partial charge on any atom is 0.322 e. The molecule has 1 aromatic rings. The summed E-state index contributed by atoms with van der Waals surface area (Å²) in [7, 11) is 0. The number of carbonyl (C=O) groups excluding carboxylic acids is 3. The van der Waals surface area contributed by atoms with Crippen molar-refractivity contribution >= 4 is 17.8 Å². The first-order valence-electron chi connectivity index (χ1n) is 6.42. The van der Waals surface area contributed by atoms with Crippen LogP contribution in [0.4, 0.5) is 4.79 Å². The molecule has 1 atom stereocenters. The SMILES string of the molecule is O=C(CCC1NC(=O)NC1=O)NCCc1ccncc1. The lowest BCUT2D eigenvalue weighted by Gasteiger charge is -2.08. The van der Waals surface area contributed by atoms with Crippen LogP contribution in [0.1, 0.15) is 18.4 Å². The van der Waals surface area contributed by atoms with Crippen LogP contribution in [-0.4, -0.2) is 35.4 Å². The molecule has 0 aliphatic carbocycles. The second-order valence-corrected chi connectivity index (χ2v) is 4.51. The lowest BCUT2D eigenvalue weighted by atomic mass is 10.1. The lowest BCUT2D eigenvalue weighted by molar-refractivity contribution is -0.122. The molecule has 0 bridgehead atoms. The summed E-state index contributed by atoms with van der Waals surface area (Å²) in [6, 6.07) is 2.68. The minimum absolute atomic E-state index is 0.131. The van der Waals surface area contributed by atoms with E-state index < -0.39 is 12.1 Å². The number of imide groups is 1. The van der Waals surface area contributed by atoms with Crippen LogP contribution in [0.3, 0.4) is 0 Å². The predicted octanol–water partition coefficient (Wildman–Crippen LogP) is -0.271. The van der Waals surface area contributed by atoms with Crippen LogP contribution in [0.5, 0.6) is 0 Å². The van der Waals surface area contributed by atoms with Crippen molar-refractivity contribution < 1.29 is 14.4 Å². The fraction of sp³-hybridized carbons (Fsp3) is 0.385. The number of amides is 4. The predicted molar refractivity (Wildman–Crippen MR) is 70.6 cm³/mol. The number of rotatable bonds is 6. The summed E-state index contributed by atoms with van der Waals surface area (Å²) in [6.45, 7) is 0.534. The number of pyridine rings is 1. The molecule has 0 spiro atoms. The monoisotopic (exact) mass is 276 g/mol. The molecular weight excluding hydrogens is 260 g/mol. The van der Waals surface area contributed by atoms with Gasteiger partial charge in [0, 0.05) is 25.4 Å². The van der Waals surface area contributed by atoms with Crippen molar-refractivity contribution in [3.05, 3.63) is 30.1 Å². The Morgan fingerprint density at radius 3 is 2.70 bits per heavy atom. The zero-order chi connectivity index (χ0) is 14.4. The van der Waals surface area contributed by atoms with Gasteiger partial charge in [-0.2, -0.15) is 0 Å². The van der Waals surface area contributed by atoms with Crippen molar-refractivity contribution in [2.75, 3.05) is 6.54 Å². The Kier molecular flexibility index (Phi) is 4.65. The molecule has 7 heteroatoms. The van der Waals surface area contributed by atoms with Gasteiger partial charge in [0.1, 0.15) is 6.04 Å². The summed E-state index contributed by atoms with van der Waals surface area (Å²) in [6.07, 6.45) is 4.65. The van der Waals surface area contributed by atoms with Crippen LogP contribution in [0.2, 0.25) is 0 Å². The Balaban J connectivity index is 1.63. The van der Waals surface area contributed by atoms with Crippen molar-refractivity contribution in [1.29, 1.82) is 0 Å². The van der Waals surface area contributed by atoms with Gasteiger partial charge in [-0.25, -0.2) is 4.79 Å². The molecule has 20 heavy (non-hydrogen) atoms. The smallest absolute Gasteiger partial charge is 0.322 e. The van der Waals surface area contributed by atoms with Gasteiger partial charge in [0.2, 0.25) is 5.91 Å². The topological polar surface area (TPSA) is 100 Å². The molecule has 3 N–H and O–H groups in total. The van der Waals surface area contributed by atoms with Gasteiger partial charge in [-0.05, 0) is 30.5 Å². The average molecular weight is 276 g/mol. The highest BCUT2D eigenvalue weighted by molar-refractivity contribution is 6.04. The number of urea groups is 1. The van der Waals surface area contributed by atoms with E-state index in [0.717, 1.165) is 12.0 Å². The van der Waals surface area contributed by atoms with E-state index >= 15 is 0 Å². The number of aromatic nitrogens is 1. The van der Waals surface area contributed by atoms with Crippen LogP contribution < -0.4 is 16.0 Å². The van der Waals surface area contributed by atoms with Crippen LogP contribution in [-0.2, 0) is 16.0 Å². The lowest BCUT2D eigenvalue weighted by Crippen LogP contribution is -2.32. The highest BCUT2D eigenvalue weighted by Gasteiger charge is 2.29. The second-order valence-electron chi connectivity index (χ2n) is 4.51. The molecule has 4 amide bonds. The van der Waals surface area contributed by atoms with Gasteiger partial charge in [-0.1, -0.05) is 0 Å². The third kappa shape index (κ3) is 4.04. The minimum atomic E-state index is -0.603. The van der Waals surface area contributed by atoms with Crippen LogP contribution in [0.15, 0.2) is 24.5 Å². The summed E-state index contributed by atoms with van der Waals surface area (Å²) in [5, 5.41) is 7.36. The van der Waals surface area contributed by atoms with Gasteiger partial charge < -0.3 is 10.6 Å². The Labute approximate surface area is 116 Å². The molecule has 0 aromatic carbocycles. The van der Waals surface area contributed by atoms with Gasteiger partial charge in [0.25, 0.3) is 5.91 Å². The fourth-order valence-electron chi connectivity index (χ4n) is 1.92. The van der Waals surface area contributed by atoms with Crippen molar-refractivity contribution in [2.45, 2.75) is 25.3 Å². The third-order valence-electron chi connectivity index (χ3n) is 3.00. The Morgan fingerprint density at radius 2 is 2.05 bits per heavy atom. The number of nitrogens with one attached hydrogen (secondary N) is 3.